The van der Waals surface area contributed by atoms with Crippen LogP contribution in [0.25, 0.3) is 21.8 Å². The molecule has 0 bridgehead atoms. The molecular formula is C34H33ClI2N4O3. The minimum absolute atomic E-state index is 0.220. The lowest BCUT2D eigenvalue weighted by Crippen LogP contribution is -1.95. The number of aliphatic hydroxyl groups is 1. The number of phenolic OH excluding ortho intramolecular Hbond substituents is 2. The molecule has 2 aromatic heterocycles. The lowest BCUT2D eigenvalue weighted by Gasteiger charge is -2.12. The fraction of sp³-hybridized carbons (Fsp3) is 0.118. The van der Waals surface area contributed by atoms with Crippen LogP contribution in [0.15, 0.2) is 97.3 Å². The molecule has 2 heterocycles. The van der Waals surface area contributed by atoms with E-state index in [0.29, 0.717) is 5.69 Å². The van der Waals surface area contributed by atoms with Gasteiger partial charge < -0.3 is 26.4 Å². The van der Waals surface area contributed by atoms with E-state index in [1.165, 1.54) is 13.2 Å². The van der Waals surface area contributed by atoms with E-state index in [1.54, 1.807) is 49.6 Å². The molecule has 0 saturated carbocycles. The number of hydrogen-bond acceptors (Lipinski definition) is 7. The first-order valence-electron chi connectivity index (χ1n) is 13.5. The molecule has 44 heavy (non-hydrogen) atoms. The molecule has 0 aliphatic carbocycles. The molecule has 0 aliphatic heterocycles. The van der Waals surface area contributed by atoms with Gasteiger partial charge in [-0.3, -0.25) is 9.97 Å². The second kappa shape index (κ2) is 17.2. The number of aromatic hydroxyl groups is 2. The molecule has 0 radical (unpaired) electrons. The highest BCUT2D eigenvalue weighted by atomic mass is 127. The molecule has 10 heteroatoms. The number of pyridine rings is 2. The van der Waals surface area contributed by atoms with Crippen LogP contribution in [0.5, 0.6) is 11.5 Å². The smallest absolute Gasteiger partial charge is 0.117 e. The number of nitrogens with two attached hydrogens (primary N) is 1. The van der Waals surface area contributed by atoms with E-state index >= 15 is 0 Å². The normalized spacial score (nSPS) is 10.1. The van der Waals surface area contributed by atoms with Crippen molar-refractivity contribution in [3.8, 4) is 11.5 Å². The monoisotopic (exact) mass is 834 g/mol. The number of halogens is 3. The first kappa shape index (κ1) is 35.1. The predicted molar refractivity (Wildman–Crippen MR) is 200 cm³/mol. The fourth-order valence-corrected chi connectivity index (χ4v) is 5.02. The topological polar surface area (TPSA) is 125 Å². The summed E-state index contributed by atoms with van der Waals surface area (Å²) in [5.41, 5.74) is 12.0. The van der Waals surface area contributed by atoms with Crippen molar-refractivity contribution >= 4 is 95.7 Å². The summed E-state index contributed by atoms with van der Waals surface area (Å²) in [6.45, 7) is 5.84. The van der Waals surface area contributed by atoms with Crippen molar-refractivity contribution in [2.24, 2.45) is 0 Å². The zero-order valence-electron chi connectivity index (χ0n) is 24.4. The number of aromatic nitrogens is 2. The van der Waals surface area contributed by atoms with Crippen LogP contribution >= 0.6 is 56.8 Å². The molecule has 0 atom stereocenters. The summed E-state index contributed by atoms with van der Waals surface area (Å²) in [5, 5.41) is 32.3. The number of nitrogen functional groups attached to an aromatic ring is 1. The molecule has 0 unspecified atom stereocenters. The molecule has 6 aromatic rings. The van der Waals surface area contributed by atoms with E-state index in [-0.39, 0.29) is 18.1 Å². The third-order valence-electron chi connectivity index (χ3n) is 6.11. The quantitative estimate of drug-likeness (QED) is 0.0871. The third kappa shape index (κ3) is 10.4. The minimum Gasteiger partial charge on any atom is -0.508 e. The summed E-state index contributed by atoms with van der Waals surface area (Å²) in [5.74, 6) is 0.476. The number of hydrogen-bond donors (Lipinski definition) is 5. The van der Waals surface area contributed by atoms with Gasteiger partial charge in [-0.2, -0.15) is 0 Å². The summed E-state index contributed by atoms with van der Waals surface area (Å²) in [6.07, 6.45) is 3.51. The Morgan fingerprint density at radius 1 is 0.705 bits per heavy atom. The number of rotatable bonds is 2. The Kier molecular flexibility index (Phi) is 13.7. The average molecular weight is 835 g/mol. The molecular weight excluding hydrogens is 802 g/mol. The number of nitrogens with zero attached hydrogens (tertiary/aromatic N) is 2. The van der Waals surface area contributed by atoms with Crippen molar-refractivity contribution < 1.29 is 15.3 Å². The van der Waals surface area contributed by atoms with Crippen LogP contribution in [0.3, 0.4) is 0 Å². The summed E-state index contributed by atoms with van der Waals surface area (Å²) in [4.78, 5) is 8.57. The first-order chi connectivity index (χ1) is 21.0. The summed E-state index contributed by atoms with van der Waals surface area (Å²) in [6, 6.07) is 26.2. The molecule has 6 N–H and O–H groups in total. The van der Waals surface area contributed by atoms with Crippen molar-refractivity contribution in [3.63, 3.8) is 0 Å². The predicted octanol–water partition coefficient (Wildman–Crippen LogP) is 9.37. The molecule has 0 saturated heterocycles. The number of aliphatic hydroxyl groups excluding tert-OH is 1. The minimum atomic E-state index is 0.220. The van der Waals surface area contributed by atoms with E-state index in [2.05, 4.69) is 66.5 Å². The van der Waals surface area contributed by atoms with Crippen molar-refractivity contribution in [2.45, 2.75) is 20.8 Å². The molecule has 0 spiro atoms. The molecule has 4 aromatic carbocycles. The van der Waals surface area contributed by atoms with Gasteiger partial charge in [0.05, 0.1) is 16.1 Å². The van der Waals surface area contributed by atoms with Crippen molar-refractivity contribution in [2.75, 3.05) is 17.7 Å². The van der Waals surface area contributed by atoms with Gasteiger partial charge in [0.2, 0.25) is 0 Å². The van der Waals surface area contributed by atoms with Crippen LogP contribution in [0.1, 0.15) is 18.1 Å². The number of aryl methyl sites for hydroxylation is 2. The highest BCUT2D eigenvalue weighted by Gasteiger charge is 2.06. The van der Waals surface area contributed by atoms with E-state index in [0.717, 1.165) is 49.3 Å². The van der Waals surface area contributed by atoms with Gasteiger partial charge in [-0.15, -0.1) is 0 Å². The average Bonchev–Trinajstić information content (AvgIpc) is 2.99. The number of phenols is 2. The maximum absolute atomic E-state index is 9.62. The number of nitrogens with one attached hydrogen (secondary N) is 1. The van der Waals surface area contributed by atoms with Crippen molar-refractivity contribution in [1.82, 2.24) is 9.97 Å². The molecule has 0 aliphatic rings. The van der Waals surface area contributed by atoms with Gasteiger partial charge in [0.1, 0.15) is 11.5 Å². The Morgan fingerprint density at radius 3 is 1.82 bits per heavy atom. The molecule has 228 valence electrons. The molecule has 0 amide bonds. The Balaban J connectivity index is 0.000000187. The van der Waals surface area contributed by atoms with Gasteiger partial charge in [-0.1, -0.05) is 23.7 Å². The first-order valence-corrected chi connectivity index (χ1v) is 16.0. The molecule has 0 fully saturated rings. The van der Waals surface area contributed by atoms with Crippen LogP contribution in [0.2, 0.25) is 5.02 Å². The molecule has 6 rings (SSSR count). The Morgan fingerprint density at radius 2 is 1.23 bits per heavy atom. The van der Waals surface area contributed by atoms with Gasteiger partial charge in [0.25, 0.3) is 0 Å². The van der Waals surface area contributed by atoms with Gasteiger partial charge in [0, 0.05) is 66.1 Å². The van der Waals surface area contributed by atoms with Crippen molar-refractivity contribution in [3.05, 3.63) is 121 Å². The summed E-state index contributed by atoms with van der Waals surface area (Å²) in [7, 11) is 0. The van der Waals surface area contributed by atoms with Crippen LogP contribution in [-0.2, 0) is 0 Å². The zero-order valence-corrected chi connectivity index (χ0v) is 29.5. The van der Waals surface area contributed by atoms with Crippen molar-refractivity contribution in [1.29, 1.82) is 0 Å². The summed E-state index contributed by atoms with van der Waals surface area (Å²) >= 11 is 10.5. The Hall–Kier alpha value is -3.39. The van der Waals surface area contributed by atoms with Crippen LogP contribution in [-0.4, -0.2) is 31.9 Å². The SMILES string of the molecule is CCO.Cc1ccc(O)cc1N.Cc1ccc(O)cc1Nc1ccnc2ccc(I)cc12.Clc1ccnc2ccc(I)cc12. The van der Waals surface area contributed by atoms with E-state index in [9.17, 15) is 5.11 Å². The van der Waals surface area contributed by atoms with Crippen LogP contribution in [0, 0.1) is 21.0 Å². The standard InChI is InChI=1S/C16H13IN2O.C9H5ClIN.C7H9NO.C2H6O/c1-10-2-4-12(20)9-16(10)19-15-6-7-18-14-5-3-11(17)8-13(14)15;10-8-3-4-12-9-2-1-6(11)5-7(8)9;1-5-2-3-6(9)4-7(5)8;1-2-3/h2-9,20H,1H3,(H,18,19);1-5H;2-4,9H,8H2,1H3;3H,2H2,1H3. The maximum atomic E-state index is 9.62. The third-order valence-corrected chi connectivity index (χ3v) is 7.78. The summed E-state index contributed by atoms with van der Waals surface area (Å²) < 4.78 is 2.34. The van der Waals surface area contributed by atoms with Crippen LogP contribution < -0.4 is 11.1 Å². The zero-order chi connectivity index (χ0) is 32.2. The second-order valence-corrected chi connectivity index (χ2v) is 12.4. The number of anilines is 3. The lowest BCUT2D eigenvalue weighted by molar-refractivity contribution is 0.318. The fourth-order valence-electron chi connectivity index (χ4n) is 3.83. The second-order valence-electron chi connectivity index (χ2n) is 9.46. The van der Waals surface area contributed by atoms with Gasteiger partial charge in [0.15, 0.2) is 0 Å². The largest absolute Gasteiger partial charge is 0.508 e. The van der Waals surface area contributed by atoms with Crippen LogP contribution in [0.4, 0.5) is 17.1 Å². The van der Waals surface area contributed by atoms with E-state index < -0.39 is 0 Å². The highest BCUT2D eigenvalue weighted by Crippen LogP contribution is 2.30. The molecule has 7 nitrogen and oxygen atoms in total. The van der Waals surface area contributed by atoms with Gasteiger partial charge in [-0.05, 0) is 138 Å². The highest BCUT2D eigenvalue weighted by molar-refractivity contribution is 14.1. The number of fused-ring (bicyclic) bond motifs is 2. The van der Waals surface area contributed by atoms with E-state index in [1.807, 2.05) is 56.3 Å². The lowest BCUT2D eigenvalue weighted by atomic mass is 10.1. The van der Waals surface area contributed by atoms with E-state index in [4.69, 9.17) is 27.5 Å². The van der Waals surface area contributed by atoms with Gasteiger partial charge in [-0.25, -0.2) is 0 Å². The Labute approximate surface area is 289 Å². The number of benzene rings is 4. The maximum Gasteiger partial charge on any atom is 0.117 e. The van der Waals surface area contributed by atoms with Gasteiger partial charge >= 0.3 is 0 Å². The Bertz CT molecular complexity index is 1850.